The lowest BCUT2D eigenvalue weighted by Crippen LogP contribution is -2.50. The van der Waals surface area contributed by atoms with Crippen molar-refractivity contribution in [3.63, 3.8) is 0 Å². The number of nitrogens with one attached hydrogen (secondary N) is 2. The second-order valence-corrected chi connectivity index (χ2v) is 12.1. The smallest absolute Gasteiger partial charge is 0.261 e. The maximum absolute atomic E-state index is 13.1. The molecule has 2 aromatic rings. The summed E-state index contributed by atoms with van der Waals surface area (Å²) in [4.78, 5) is 43.1. The van der Waals surface area contributed by atoms with Gasteiger partial charge in [-0.15, -0.1) is 11.3 Å². The van der Waals surface area contributed by atoms with Crippen LogP contribution in [-0.4, -0.2) is 73.3 Å². The average molecular weight is 515 g/mol. The van der Waals surface area contributed by atoms with E-state index >= 15 is 0 Å². The topological polar surface area (TPSA) is 81.8 Å². The van der Waals surface area contributed by atoms with Crippen LogP contribution in [0.1, 0.15) is 51.3 Å². The third-order valence-electron chi connectivity index (χ3n) is 7.22. The summed E-state index contributed by atoms with van der Waals surface area (Å²) in [7, 11) is 4.17. The molecule has 186 valence electrons. The van der Waals surface area contributed by atoms with Gasteiger partial charge in [-0.25, -0.2) is 0 Å². The Morgan fingerprint density at radius 3 is 2.14 bits per heavy atom. The van der Waals surface area contributed by atoms with Crippen LogP contribution in [0.3, 0.4) is 0 Å². The molecule has 2 atom stereocenters. The largest absolute Gasteiger partial charge is 0.345 e. The van der Waals surface area contributed by atoms with Gasteiger partial charge in [0.15, 0.2) is 0 Å². The van der Waals surface area contributed by atoms with Crippen LogP contribution in [0, 0.1) is 5.92 Å². The monoisotopic (exact) mass is 514 g/mol. The standard InChI is InChI=1S/C26H31ClN4O3S/c1-30(2)15-26(11-12-26)18-7-5-16(6-8-18)23(32)28-19-13-31(25(34)17-3-4-17)14-20(19)29-24(33)21-9-10-22(27)35-21/h5-10,17,19-20H,3-4,11-15H2,1-2H3,(H,28,32)(H,29,33). The van der Waals surface area contributed by atoms with Gasteiger partial charge in [0.1, 0.15) is 0 Å². The van der Waals surface area contributed by atoms with Gasteiger partial charge in [-0.2, -0.15) is 0 Å². The van der Waals surface area contributed by atoms with Gasteiger partial charge in [0.2, 0.25) is 5.91 Å². The summed E-state index contributed by atoms with van der Waals surface area (Å²) in [6.07, 6.45) is 4.17. The number of rotatable bonds is 8. The number of carbonyl (C=O) groups excluding carboxylic acids is 3. The molecule has 3 amide bonds. The zero-order valence-electron chi connectivity index (χ0n) is 20.1. The van der Waals surface area contributed by atoms with Crippen molar-refractivity contribution in [2.24, 2.45) is 5.92 Å². The van der Waals surface area contributed by atoms with Crippen LogP contribution in [0.5, 0.6) is 0 Å². The van der Waals surface area contributed by atoms with E-state index in [1.54, 1.807) is 17.0 Å². The van der Waals surface area contributed by atoms with Gasteiger partial charge in [0.05, 0.1) is 21.3 Å². The van der Waals surface area contributed by atoms with E-state index in [9.17, 15) is 14.4 Å². The summed E-state index contributed by atoms with van der Waals surface area (Å²) in [5.74, 6) is -0.244. The first-order valence-electron chi connectivity index (χ1n) is 12.2. The summed E-state index contributed by atoms with van der Waals surface area (Å²) in [6, 6.07) is 10.5. The van der Waals surface area contributed by atoms with Gasteiger partial charge in [-0.05, 0) is 69.6 Å². The lowest BCUT2D eigenvalue weighted by atomic mass is 9.94. The van der Waals surface area contributed by atoms with E-state index in [0.29, 0.717) is 27.9 Å². The van der Waals surface area contributed by atoms with Crippen molar-refractivity contribution in [2.45, 2.75) is 43.2 Å². The Balaban J connectivity index is 1.27. The minimum Gasteiger partial charge on any atom is -0.345 e. The normalized spacial score (nSPS) is 22.8. The molecular formula is C26H31ClN4O3S. The third kappa shape index (κ3) is 5.39. The van der Waals surface area contributed by atoms with Crippen LogP contribution in [0.4, 0.5) is 0 Å². The highest BCUT2D eigenvalue weighted by molar-refractivity contribution is 7.18. The second kappa shape index (κ2) is 9.56. The van der Waals surface area contributed by atoms with Crippen molar-refractivity contribution in [3.8, 4) is 0 Å². The first kappa shape index (κ1) is 24.3. The number of thiophene rings is 1. The molecule has 1 aromatic heterocycles. The summed E-state index contributed by atoms with van der Waals surface area (Å²) in [5, 5.41) is 6.09. The van der Waals surface area contributed by atoms with E-state index in [4.69, 9.17) is 11.6 Å². The maximum Gasteiger partial charge on any atom is 0.261 e. The Morgan fingerprint density at radius 2 is 1.63 bits per heavy atom. The number of benzene rings is 1. The van der Waals surface area contributed by atoms with Gasteiger partial charge in [-0.1, -0.05) is 23.7 Å². The molecule has 5 rings (SSSR count). The molecule has 0 radical (unpaired) electrons. The average Bonchev–Trinajstić information content (AvgIpc) is 3.74. The Hall–Kier alpha value is -2.42. The molecule has 9 heteroatoms. The number of likely N-dealkylation sites (tertiary alicyclic amines) is 1. The minimum atomic E-state index is -0.371. The minimum absolute atomic E-state index is 0.0846. The lowest BCUT2D eigenvalue weighted by molar-refractivity contribution is -0.131. The Kier molecular flexibility index (Phi) is 6.63. The van der Waals surface area contributed by atoms with Crippen LogP contribution < -0.4 is 10.6 Å². The molecule has 2 unspecified atom stereocenters. The van der Waals surface area contributed by atoms with E-state index in [-0.39, 0.29) is 41.1 Å². The van der Waals surface area contributed by atoms with E-state index in [1.165, 1.54) is 29.7 Å². The number of likely N-dealkylation sites (N-methyl/N-ethyl adjacent to an activating group) is 1. The second-order valence-electron chi connectivity index (χ2n) is 10.4. The third-order valence-corrected chi connectivity index (χ3v) is 8.45. The highest BCUT2D eigenvalue weighted by Crippen LogP contribution is 2.48. The van der Waals surface area contributed by atoms with Gasteiger partial charge in [0.25, 0.3) is 11.8 Å². The molecule has 3 fully saturated rings. The zero-order valence-corrected chi connectivity index (χ0v) is 21.6. The SMILES string of the molecule is CN(C)CC1(c2ccc(C(=O)NC3CN(C(=O)C4CC4)CC3NC(=O)c3ccc(Cl)s3)cc2)CC1. The Bertz CT molecular complexity index is 1120. The molecule has 3 aliphatic rings. The molecule has 1 saturated heterocycles. The molecule has 35 heavy (non-hydrogen) atoms. The maximum atomic E-state index is 13.1. The van der Waals surface area contributed by atoms with Crippen LogP contribution in [0.25, 0.3) is 0 Å². The molecule has 2 N–H and O–H groups in total. The van der Waals surface area contributed by atoms with E-state index in [1.807, 2.05) is 12.1 Å². The molecule has 2 aliphatic carbocycles. The van der Waals surface area contributed by atoms with Gasteiger partial charge >= 0.3 is 0 Å². The highest BCUT2D eigenvalue weighted by atomic mass is 35.5. The fourth-order valence-electron chi connectivity index (χ4n) is 5.06. The number of hydrogen-bond donors (Lipinski definition) is 2. The van der Waals surface area contributed by atoms with Crippen molar-refractivity contribution in [3.05, 3.63) is 56.7 Å². The van der Waals surface area contributed by atoms with Crippen molar-refractivity contribution in [1.82, 2.24) is 20.4 Å². The van der Waals surface area contributed by atoms with Gasteiger partial charge in [0, 0.05) is 36.5 Å². The summed E-state index contributed by atoms with van der Waals surface area (Å²) in [6.45, 7) is 1.78. The predicted octanol–water partition coefficient (Wildman–Crippen LogP) is 3.14. The van der Waals surface area contributed by atoms with Crippen molar-refractivity contribution >= 4 is 40.7 Å². The molecular weight excluding hydrogens is 484 g/mol. The fourth-order valence-corrected chi connectivity index (χ4v) is 6.01. The Labute approximate surface area is 214 Å². The number of halogens is 1. The van der Waals surface area contributed by atoms with Crippen LogP contribution in [0.2, 0.25) is 4.34 Å². The predicted molar refractivity (Wildman–Crippen MR) is 137 cm³/mol. The summed E-state index contributed by atoms with van der Waals surface area (Å²) < 4.78 is 0.541. The van der Waals surface area contributed by atoms with Gasteiger partial charge in [-0.3, -0.25) is 14.4 Å². The number of carbonyl (C=O) groups is 3. The number of nitrogens with zero attached hydrogens (tertiary/aromatic N) is 2. The molecule has 1 aliphatic heterocycles. The first-order valence-corrected chi connectivity index (χ1v) is 13.3. The number of hydrogen-bond acceptors (Lipinski definition) is 5. The molecule has 0 spiro atoms. The van der Waals surface area contributed by atoms with Crippen molar-refractivity contribution in [2.75, 3.05) is 33.7 Å². The van der Waals surface area contributed by atoms with Gasteiger partial charge < -0.3 is 20.4 Å². The van der Waals surface area contributed by atoms with E-state index in [0.717, 1.165) is 19.4 Å². The summed E-state index contributed by atoms with van der Waals surface area (Å²) >= 11 is 7.19. The molecule has 1 aromatic carbocycles. The highest BCUT2D eigenvalue weighted by Gasteiger charge is 2.45. The lowest BCUT2D eigenvalue weighted by Gasteiger charge is -2.22. The van der Waals surface area contributed by atoms with Crippen LogP contribution in [0.15, 0.2) is 36.4 Å². The summed E-state index contributed by atoms with van der Waals surface area (Å²) in [5.41, 5.74) is 2.05. The molecule has 2 saturated carbocycles. The molecule has 0 bridgehead atoms. The van der Waals surface area contributed by atoms with Crippen molar-refractivity contribution in [1.29, 1.82) is 0 Å². The van der Waals surface area contributed by atoms with E-state index in [2.05, 4.69) is 41.8 Å². The van der Waals surface area contributed by atoms with E-state index < -0.39 is 0 Å². The first-order chi connectivity index (χ1) is 16.7. The quantitative estimate of drug-likeness (QED) is 0.567. The molecule has 7 nitrogen and oxygen atoms in total. The van der Waals surface area contributed by atoms with Crippen molar-refractivity contribution < 1.29 is 14.4 Å². The number of amides is 3. The van der Waals surface area contributed by atoms with Crippen LogP contribution >= 0.6 is 22.9 Å². The molecule has 2 heterocycles. The fraction of sp³-hybridized carbons (Fsp3) is 0.500. The zero-order chi connectivity index (χ0) is 24.7. The Morgan fingerprint density at radius 1 is 1.00 bits per heavy atom. The van der Waals surface area contributed by atoms with Crippen LogP contribution in [-0.2, 0) is 10.2 Å².